The van der Waals surface area contributed by atoms with E-state index in [1.54, 1.807) is 18.2 Å². The molecule has 0 unspecified atom stereocenters. The molecule has 0 saturated carbocycles. The van der Waals surface area contributed by atoms with Crippen LogP contribution in [0.25, 0.3) is 0 Å². The Balaban J connectivity index is 1.54. The third-order valence-electron chi connectivity index (χ3n) is 4.79. The molecule has 1 N–H and O–H groups in total. The Morgan fingerprint density at radius 3 is 2.78 bits per heavy atom. The first kappa shape index (κ1) is 17.9. The van der Waals surface area contributed by atoms with Crippen molar-refractivity contribution in [2.45, 2.75) is 29.9 Å². The normalized spacial score (nSPS) is 24.0. The topological polar surface area (TPSA) is 80.6 Å². The van der Waals surface area contributed by atoms with Crippen LogP contribution < -0.4 is 10.1 Å². The Morgan fingerprint density at radius 2 is 2.00 bits per heavy atom. The average molecular weight is 397 g/mol. The van der Waals surface area contributed by atoms with Crippen LogP contribution in [0.2, 0.25) is 0 Å². The summed E-state index contributed by atoms with van der Waals surface area (Å²) in [5.41, 5.74) is -0.170. The van der Waals surface area contributed by atoms with Crippen molar-refractivity contribution in [3.05, 3.63) is 48.3 Å². The number of sulfonamides is 1. The number of aromatic nitrogens is 1. The molecule has 0 spiro atoms. The summed E-state index contributed by atoms with van der Waals surface area (Å²) in [6.45, 7) is -2.61. The summed E-state index contributed by atoms with van der Waals surface area (Å²) in [5, 5.41) is 2.66. The molecule has 0 aliphatic carbocycles. The Hall–Kier alpha value is -2.46. The molecule has 3 heterocycles. The molecule has 2 aliphatic rings. The minimum absolute atomic E-state index is 0.0613. The second kappa shape index (κ2) is 6.61. The number of nitrogens with one attached hydrogen (secondary N) is 1. The number of fused-ring (bicyclic) bond motifs is 2. The van der Waals surface area contributed by atoms with Gasteiger partial charge >= 0.3 is 6.55 Å². The lowest BCUT2D eigenvalue weighted by Crippen LogP contribution is -2.40. The van der Waals surface area contributed by atoms with Gasteiger partial charge in [-0.05, 0) is 30.7 Å². The zero-order valence-corrected chi connectivity index (χ0v) is 14.9. The molecule has 2 aliphatic heterocycles. The van der Waals surface area contributed by atoms with Gasteiger partial charge in [-0.1, -0.05) is 12.1 Å². The van der Waals surface area contributed by atoms with Crippen molar-refractivity contribution in [3.63, 3.8) is 0 Å². The number of carbonyl (C=O) groups is 1. The van der Waals surface area contributed by atoms with Gasteiger partial charge in [-0.3, -0.25) is 9.36 Å². The smallest absolute Gasteiger partial charge is 0.319 e. The molecule has 1 fully saturated rings. The Labute approximate surface area is 154 Å². The molecule has 1 aromatic carbocycles. The molecule has 4 rings (SSSR count). The van der Waals surface area contributed by atoms with Crippen LogP contribution >= 0.6 is 0 Å². The Bertz CT molecular complexity index is 976. The van der Waals surface area contributed by atoms with Gasteiger partial charge < -0.3 is 10.1 Å². The summed E-state index contributed by atoms with van der Waals surface area (Å²) in [6.07, 6.45) is 1.46. The largest absolute Gasteiger partial charge is 0.490 e. The van der Waals surface area contributed by atoms with Crippen LogP contribution in [0.15, 0.2) is 47.5 Å². The summed E-state index contributed by atoms with van der Waals surface area (Å²) in [7, 11) is -3.77. The Morgan fingerprint density at radius 1 is 1.22 bits per heavy atom. The molecule has 27 heavy (non-hydrogen) atoms. The highest BCUT2D eigenvalue weighted by Crippen LogP contribution is 2.35. The van der Waals surface area contributed by atoms with Crippen LogP contribution in [0.4, 0.5) is 8.78 Å². The SMILES string of the molecule is O=C(N[C@H]1C[C@H]2COc3ccccc3S(=O)(=O)N2C1)c1cccn1C(F)F. The first-order chi connectivity index (χ1) is 12.9. The van der Waals surface area contributed by atoms with E-state index in [2.05, 4.69) is 5.32 Å². The van der Waals surface area contributed by atoms with Crippen LogP contribution in [0.5, 0.6) is 5.75 Å². The lowest BCUT2D eigenvalue weighted by molar-refractivity contribution is 0.0632. The molecular weight excluding hydrogens is 380 g/mol. The monoisotopic (exact) mass is 397 g/mol. The first-order valence-corrected chi connectivity index (χ1v) is 9.81. The molecule has 0 radical (unpaired) electrons. The van der Waals surface area contributed by atoms with E-state index in [0.717, 1.165) is 6.20 Å². The van der Waals surface area contributed by atoms with E-state index in [9.17, 15) is 22.0 Å². The van der Waals surface area contributed by atoms with Crippen molar-refractivity contribution in [1.82, 2.24) is 14.2 Å². The molecule has 0 bridgehead atoms. The van der Waals surface area contributed by atoms with Crippen LogP contribution in [0.3, 0.4) is 0 Å². The number of nitrogens with zero attached hydrogens (tertiary/aromatic N) is 2. The van der Waals surface area contributed by atoms with Crippen molar-refractivity contribution >= 4 is 15.9 Å². The number of alkyl halides is 2. The predicted octanol–water partition coefficient (Wildman–Crippen LogP) is 1.84. The third-order valence-corrected chi connectivity index (χ3v) is 6.75. The van der Waals surface area contributed by atoms with Crippen molar-refractivity contribution in [2.24, 2.45) is 0 Å². The number of hydrogen-bond donors (Lipinski definition) is 1. The second-order valence-corrected chi connectivity index (χ2v) is 8.33. The van der Waals surface area contributed by atoms with Crippen LogP contribution in [-0.2, 0) is 10.0 Å². The van der Waals surface area contributed by atoms with E-state index < -0.39 is 34.6 Å². The van der Waals surface area contributed by atoms with Gasteiger partial charge in [0.05, 0.1) is 6.04 Å². The van der Waals surface area contributed by atoms with Crippen LogP contribution in [0.1, 0.15) is 23.5 Å². The number of carbonyl (C=O) groups excluding carboxylic acids is 1. The standard InChI is InChI=1S/C17H17F2N3O4S/c18-17(19)21-7-3-4-13(21)16(23)20-11-8-12-10-26-14-5-1-2-6-15(14)27(24,25)22(12)9-11/h1-7,11-12,17H,8-10H2,(H,20,23)/t11-,12-/m0/s1. The zero-order chi connectivity index (χ0) is 19.2. The number of benzene rings is 1. The molecule has 7 nitrogen and oxygen atoms in total. The van der Waals surface area contributed by atoms with Crippen molar-refractivity contribution in [2.75, 3.05) is 13.2 Å². The molecule has 2 aromatic rings. The third kappa shape index (κ3) is 3.08. The molecule has 1 saturated heterocycles. The lowest BCUT2D eigenvalue weighted by atomic mass is 10.2. The number of rotatable bonds is 3. The van der Waals surface area contributed by atoms with E-state index in [0.29, 0.717) is 16.7 Å². The molecule has 1 amide bonds. The zero-order valence-electron chi connectivity index (χ0n) is 14.1. The summed E-state index contributed by atoms with van der Waals surface area (Å²) in [6, 6.07) is 8.13. The van der Waals surface area contributed by atoms with Crippen molar-refractivity contribution < 1.29 is 26.7 Å². The van der Waals surface area contributed by atoms with E-state index in [1.165, 1.54) is 22.5 Å². The van der Waals surface area contributed by atoms with Gasteiger partial charge in [-0.25, -0.2) is 8.42 Å². The van der Waals surface area contributed by atoms with Gasteiger partial charge in [0.15, 0.2) is 0 Å². The highest BCUT2D eigenvalue weighted by molar-refractivity contribution is 7.89. The number of para-hydroxylation sites is 1. The van der Waals surface area contributed by atoms with Gasteiger partial charge in [0.2, 0.25) is 10.0 Å². The number of halogens is 2. The maximum atomic E-state index is 12.9. The summed E-state index contributed by atoms with van der Waals surface area (Å²) in [5.74, 6) is -0.357. The fourth-order valence-electron chi connectivity index (χ4n) is 3.55. The van der Waals surface area contributed by atoms with E-state index in [1.807, 2.05) is 0 Å². The maximum absolute atomic E-state index is 12.9. The number of hydrogen-bond acceptors (Lipinski definition) is 4. The highest BCUT2D eigenvalue weighted by atomic mass is 32.2. The molecule has 2 atom stereocenters. The van der Waals surface area contributed by atoms with E-state index in [4.69, 9.17) is 4.74 Å². The minimum atomic E-state index is -3.77. The van der Waals surface area contributed by atoms with Crippen LogP contribution in [-0.4, -0.2) is 48.4 Å². The first-order valence-electron chi connectivity index (χ1n) is 8.37. The lowest BCUT2D eigenvalue weighted by Gasteiger charge is -2.19. The minimum Gasteiger partial charge on any atom is -0.490 e. The number of amides is 1. The maximum Gasteiger partial charge on any atom is 0.319 e. The average Bonchev–Trinajstić information content (AvgIpc) is 3.25. The van der Waals surface area contributed by atoms with Gasteiger partial charge in [0.1, 0.15) is 22.9 Å². The fraction of sp³-hybridized carbons (Fsp3) is 0.353. The summed E-state index contributed by atoms with van der Waals surface area (Å²) >= 11 is 0. The second-order valence-electron chi connectivity index (χ2n) is 6.47. The Kier molecular flexibility index (Phi) is 4.39. The van der Waals surface area contributed by atoms with Crippen LogP contribution in [0, 0.1) is 0 Å². The molecular formula is C17H17F2N3O4S. The van der Waals surface area contributed by atoms with Crippen molar-refractivity contribution in [3.8, 4) is 5.75 Å². The predicted molar refractivity (Wildman–Crippen MR) is 91.2 cm³/mol. The summed E-state index contributed by atoms with van der Waals surface area (Å²) < 4.78 is 59.3. The van der Waals surface area contributed by atoms with Gasteiger partial charge in [0.25, 0.3) is 5.91 Å². The van der Waals surface area contributed by atoms with Gasteiger partial charge in [-0.15, -0.1) is 0 Å². The quantitative estimate of drug-likeness (QED) is 0.857. The molecule has 144 valence electrons. The number of ether oxygens (including phenoxy) is 1. The van der Waals surface area contributed by atoms with E-state index in [-0.39, 0.29) is 23.7 Å². The van der Waals surface area contributed by atoms with E-state index >= 15 is 0 Å². The molecule has 1 aromatic heterocycles. The highest BCUT2D eigenvalue weighted by Gasteiger charge is 2.44. The van der Waals surface area contributed by atoms with Gasteiger partial charge in [0, 0.05) is 18.8 Å². The fourth-order valence-corrected chi connectivity index (χ4v) is 5.35. The summed E-state index contributed by atoms with van der Waals surface area (Å²) in [4.78, 5) is 12.4. The molecule has 10 heteroatoms. The van der Waals surface area contributed by atoms with Crippen molar-refractivity contribution in [1.29, 1.82) is 0 Å². The van der Waals surface area contributed by atoms with Gasteiger partial charge in [-0.2, -0.15) is 13.1 Å².